The lowest BCUT2D eigenvalue weighted by atomic mass is 10.1. The predicted octanol–water partition coefficient (Wildman–Crippen LogP) is 3.73. The molecule has 0 radical (unpaired) electrons. The van der Waals surface area contributed by atoms with E-state index in [-0.39, 0.29) is 18.5 Å². The number of nitrogens with zero attached hydrogens (tertiary/aromatic N) is 1. The summed E-state index contributed by atoms with van der Waals surface area (Å²) in [4.78, 5) is 38.7. The smallest absolute Gasteiger partial charge is 0.338 e. The van der Waals surface area contributed by atoms with E-state index in [4.69, 9.17) is 4.74 Å². The van der Waals surface area contributed by atoms with E-state index in [9.17, 15) is 14.4 Å². The van der Waals surface area contributed by atoms with Gasteiger partial charge in [-0.15, -0.1) is 0 Å². The summed E-state index contributed by atoms with van der Waals surface area (Å²) in [5, 5.41) is 2.87. The van der Waals surface area contributed by atoms with Gasteiger partial charge in [0.05, 0.1) is 5.56 Å². The van der Waals surface area contributed by atoms with E-state index in [1.165, 1.54) is 4.90 Å². The highest BCUT2D eigenvalue weighted by Crippen LogP contribution is 2.18. The fourth-order valence-electron chi connectivity index (χ4n) is 2.81. The summed E-state index contributed by atoms with van der Waals surface area (Å²) in [7, 11) is 0. The molecule has 29 heavy (non-hydrogen) atoms. The molecule has 2 rings (SSSR count). The van der Waals surface area contributed by atoms with Gasteiger partial charge in [0.2, 0.25) is 5.91 Å². The lowest BCUT2D eigenvalue weighted by molar-refractivity contribution is -0.139. The zero-order valence-corrected chi connectivity index (χ0v) is 17.4. The zero-order chi connectivity index (χ0) is 21.4. The van der Waals surface area contributed by atoms with Gasteiger partial charge in [-0.2, -0.15) is 0 Å². The van der Waals surface area contributed by atoms with Crippen molar-refractivity contribution in [3.05, 3.63) is 65.2 Å². The van der Waals surface area contributed by atoms with Crippen molar-refractivity contribution in [1.29, 1.82) is 0 Å². The molecule has 0 fully saturated rings. The highest BCUT2D eigenvalue weighted by atomic mass is 16.5. The van der Waals surface area contributed by atoms with Gasteiger partial charge in [-0.3, -0.25) is 9.59 Å². The predicted molar refractivity (Wildman–Crippen MR) is 113 cm³/mol. The quantitative estimate of drug-likeness (QED) is 0.690. The summed E-state index contributed by atoms with van der Waals surface area (Å²) in [5.41, 5.74) is 3.16. The first kappa shape index (κ1) is 22.1. The number of esters is 1. The molecular weight excluding hydrogens is 368 g/mol. The minimum absolute atomic E-state index is 0.107. The largest absolute Gasteiger partial charge is 0.452 e. The van der Waals surface area contributed by atoms with Gasteiger partial charge in [-0.1, -0.05) is 37.3 Å². The number of ether oxygens (including phenoxy) is 1. The van der Waals surface area contributed by atoms with Crippen LogP contribution in [0.15, 0.2) is 48.5 Å². The van der Waals surface area contributed by atoms with Crippen LogP contribution in [0.25, 0.3) is 0 Å². The maximum absolute atomic E-state index is 12.7. The topological polar surface area (TPSA) is 75.7 Å². The van der Waals surface area contributed by atoms with E-state index in [0.717, 1.165) is 16.8 Å². The van der Waals surface area contributed by atoms with Crippen molar-refractivity contribution < 1.29 is 19.1 Å². The molecular formula is C23H28N2O4. The number of benzene rings is 2. The molecule has 0 heterocycles. The Bertz CT molecular complexity index is 864. The van der Waals surface area contributed by atoms with Crippen LogP contribution in [0.4, 0.5) is 5.69 Å². The Kier molecular flexibility index (Phi) is 7.95. The second-order valence-electron chi connectivity index (χ2n) is 7.02. The van der Waals surface area contributed by atoms with E-state index in [0.29, 0.717) is 12.0 Å². The number of amides is 2. The van der Waals surface area contributed by atoms with Crippen LogP contribution < -0.4 is 5.32 Å². The number of hydrogen-bond acceptors (Lipinski definition) is 4. The van der Waals surface area contributed by atoms with E-state index in [1.807, 2.05) is 45.9 Å². The van der Waals surface area contributed by atoms with Crippen LogP contribution in [0.5, 0.6) is 0 Å². The van der Waals surface area contributed by atoms with Crippen molar-refractivity contribution in [2.24, 2.45) is 0 Å². The number of nitrogens with one attached hydrogen (secondary N) is 1. The third kappa shape index (κ3) is 6.17. The fourth-order valence-corrected chi connectivity index (χ4v) is 2.81. The first-order valence-corrected chi connectivity index (χ1v) is 9.71. The number of carbonyl (C=O) groups excluding carboxylic acids is 3. The van der Waals surface area contributed by atoms with Gasteiger partial charge >= 0.3 is 5.97 Å². The third-order valence-corrected chi connectivity index (χ3v) is 4.97. The summed E-state index contributed by atoms with van der Waals surface area (Å²) >= 11 is 0. The van der Waals surface area contributed by atoms with Crippen molar-refractivity contribution >= 4 is 23.5 Å². The van der Waals surface area contributed by atoms with Gasteiger partial charge in [0.1, 0.15) is 6.54 Å². The molecule has 0 saturated heterocycles. The van der Waals surface area contributed by atoms with Crippen LogP contribution in [0, 0.1) is 13.8 Å². The Balaban J connectivity index is 2.00. The zero-order valence-electron chi connectivity index (χ0n) is 17.4. The molecule has 6 nitrogen and oxygen atoms in total. The monoisotopic (exact) mass is 396 g/mol. The second-order valence-corrected chi connectivity index (χ2v) is 7.02. The summed E-state index contributed by atoms with van der Waals surface area (Å²) in [6.45, 7) is 7.19. The molecule has 0 aliphatic carbocycles. The number of anilines is 1. The highest BCUT2D eigenvalue weighted by molar-refractivity contribution is 5.96. The van der Waals surface area contributed by atoms with Gasteiger partial charge in [0, 0.05) is 11.7 Å². The van der Waals surface area contributed by atoms with E-state index in [1.54, 1.807) is 30.3 Å². The van der Waals surface area contributed by atoms with E-state index in [2.05, 4.69) is 5.32 Å². The van der Waals surface area contributed by atoms with Crippen molar-refractivity contribution in [3.8, 4) is 0 Å². The van der Waals surface area contributed by atoms with Crippen LogP contribution in [0.3, 0.4) is 0 Å². The number of aryl methyl sites for hydroxylation is 1. The molecule has 0 spiro atoms. The molecule has 2 amide bonds. The van der Waals surface area contributed by atoms with Crippen molar-refractivity contribution in [2.45, 2.75) is 40.2 Å². The molecule has 0 unspecified atom stereocenters. The minimum Gasteiger partial charge on any atom is -0.452 e. The maximum Gasteiger partial charge on any atom is 0.338 e. The first-order valence-electron chi connectivity index (χ1n) is 9.71. The Hall–Kier alpha value is -3.15. The summed E-state index contributed by atoms with van der Waals surface area (Å²) in [5.74, 6) is -1.26. The van der Waals surface area contributed by atoms with Crippen molar-refractivity contribution in [3.63, 3.8) is 0 Å². The number of carbonyl (C=O) groups is 3. The number of hydrogen-bond donors (Lipinski definition) is 1. The standard InChI is InChI=1S/C23H28N2O4/c1-5-17(3)25(14-21(26)24-20-13-9-10-16(2)18(20)4)22(27)15-29-23(28)19-11-7-6-8-12-19/h6-13,17H,5,14-15H2,1-4H3,(H,24,26)/t17-/m1/s1. The highest BCUT2D eigenvalue weighted by Gasteiger charge is 2.23. The summed E-state index contributed by atoms with van der Waals surface area (Å²) < 4.78 is 5.14. The Labute approximate surface area is 171 Å². The number of rotatable bonds is 8. The average Bonchev–Trinajstić information content (AvgIpc) is 2.73. The van der Waals surface area contributed by atoms with Gasteiger partial charge < -0.3 is 15.0 Å². The van der Waals surface area contributed by atoms with Crippen molar-refractivity contribution in [2.75, 3.05) is 18.5 Å². The molecule has 0 saturated carbocycles. The normalized spacial score (nSPS) is 11.4. The van der Waals surface area contributed by atoms with Crippen molar-refractivity contribution in [1.82, 2.24) is 4.90 Å². The van der Waals surface area contributed by atoms with Crippen LogP contribution in [-0.2, 0) is 14.3 Å². The van der Waals surface area contributed by atoms with Gasteiger partial charge in [-0.05, 0) is 56.5 Å². The second kappa shape index (κ2) is 10.4. The molecule has 154 valence electrons. The summed E-state index contributed by atoms with van der Waals surface area (Å²) in [6, 6.07) is 14.0. The van der Waals surface area contributed by atoms with Gasteiger partial charge in [-0.25, -0.2) is 4.79 Å². The molecule has 6 heteroatoms. The third-order valence-electron chi connectivity index (χ3n) is 4.97. The minimum atomic E-state index is -0.567. The maximum atomic E-state index is 12.7. The van der Waals surface area contributed by atoms with Crippen LogP contribution in [0.2, 0.25) is 0 Å². The SMILES string of the molecule is CC[C@@H](C)N(CC(=O)Nc1cccc(C)c1C)C(=O)COC(=O)c1ccccc1. The Morgan fingerprint density at radius 2 is 1.72 bits per heavy atom. The van der Waals surface area contributed by atoms with Crippen LogP contribution in [0.1, 0.15) is 41.8 Å². The Morgan fingerprint density at radius 3 is 2.38 bits per heavy atom. The Morgan fingerprint density at radius 1 is 1.03 bits per heavy atom. The van der Waals surface area contributed by atoms with E-state index >= 15 is 0 Å². The molecule has 1 atom stereocenters. The molecule has 0 bridgehead atoms. The van der Waals surface area contributed by atoms with Gasteiger partial charge in [0.25, 0.3) is 5.91 Å². The molecule has 0 aliphatic rings. The fraction of sp³-hybridized carbons (Fsp3) is 0.348. The van der Waals surface area contributed by atoms with Gasteiger partial charge in [0.15, 0.2) is 6.61 Å². The molecule has 0 aromatic heterocycles. The van der Waals surface area contributed by atoms with E-state index < -0.39 is 18.5 Å². The molecule has 0 aliphatic heterocycles. The average molecular weight is 396 g/mol. The first-order chi connectivity index (χ1) is 13.8. The molecule has 1 N–H and O–H groups in total. The lowest BCUT2D eigenvalue weighted by Crippen LogP contribution is -2.45. The lowest BCUT2D eigenvalue weighted by Gasteiger charge is -2.28. The molecule has 2 aromatic rings. The van der Waals surface area contributed by atoms with Crippen LogP contribution in [-0.4, -0.2) is 41.9 Å². The van der Waals surface area contributed by atoms with Crippen LogP contribution >= 0.6 is 0 Å². The molecule has 2 aromatic carbocycles. The summed E-state index contributed by atoms with van der Waals surface area (Å²) in [6.07, 6.45) is 0.676.